The number of carboxylic acids is 1. The van der Waals surface area contributed by atoms with E-state index in [9.17, 15) is 19.5 Å². The van der Waals surface area contributed by atoms with Gasteiger partial charge in [-0.05, 0) is 38.5 Å². The molecule has 0 rings (SSSR count). The van der Waals surface area contributed by atoms with Gasteiger partial charge in [0, 0.05) is 19.3 Å². The average molecular weight is 874 g/mol. The van der Waals surface area contributed by atoms with E-state index in [0.29, 0.717) is 12.8 Å². The first-order chi connectivity index (χ1) is 30.1. The Kier molecular flexibility index (Phi) is 43.3. The van der Waals surface area contributed by atoms with Crippen LogP contribution in [-0.2, 0) is 28.6 Å². The van der Waals surface area contributed by atoms with Crippen LogP contribution in [0.2, 0.25) is 0 Å². The number of nitrogens with zero attached hydrogens (tertiary/aromatic N) is 1. The summed E-state index contributed by atoms with van der Waals surface area (Å²) in [7, 11) is 5.41. The lowest BCUT2D eigenvalue weighted by Gasteiger charge is -2.34. The minimum atomic E-state index is -1.13. The summed E-state index contributed by atoms with van der Waals surface area (Å²) in [6, 6.07) is -0.728. The summed E-state index contributed by atoms with van der Waals surface area (Å²) in [5.41, 5.74) is 0. The molecule has 0 aliphatic rings. The first kappa shape index (κ1) is 59.5. The molecule has 62 heavy (non-hydrogen) atoms. The van der Waals surface area contributed by atoms with E-state index in [1.807, 2.05) is 0 Å². The van der Waals surface area contributed by atoms with Crippen LogP contribution in [0.25, 0.3) is 0 Å². The number of allylic oxidation sites excluding steroid dienone is 6. The summed E-state index contributed by atoms with van der Waals surface area (Å²) in [6.07, 6.45) is 53.1. The second-order valence-corrected chi connectivity index (χ2v) is 18.8. The molecule has 0 aromatic rings. The van der Waals surface area contributed by atoms with E-state index in [2.05, 4.69) is 50.3 Å². The van der Waals surface area contributed by atoms with E-state index in [0.717, 1.165) is 64.2 Å². The topological polar surface area (TPSA) is 102 Å². The van der Waals surface area contributed by atoms with Crippen LogP contribution in [0.1, 0.15) is 239 Å². The van der Waals surface area contributed by atoms with E-state index < -0.39 is 18.1 Å². The van der Waals surface area contributed by atoms with Gasteiger partial charge in [-0.25, -0.2) is 0 Å². The van der Waals surface area contributed by atoms with E-state index >= 15 is 0 Å². The fraction of sp³-hybridized carbons (Fsp3) is 0.833. The number of hydrogen-bond acceptors (Lipinski definition) is 7. The molecular formula is C54H99NO7. The minimum Gasteiger partial charge on any atom is -0.544 e. The maximum atomic E-state index is 12.8. The maximum Gasteiger partial charge on any atom is 0.306 e. The van der Waals surface area contributed by atoms with Crippen LogP contribution in [0.4, 0.5) is 0 Å². The molecule has 0 aliphatic heterocycles. The molecule has 362 valence electrons. The molecule has 2 atom stereocenters. The third-order valence-corrected chi connectivity index (χ3v) is 11.8. The Hall–Kier alpha value is -2.45. The molecule has 0 saturated carbocycles. The Morgan fingerprint density at radius 3 is 1.24 bits per heavy atom. The Morgan fingerprint density at radius 2 is 0.855 bits per heavy atom. The van der Waals surface area contributed by atoms with Crippen molar-refractivity contribution < 1.29 is 38.2 Å². The van der Waals surface area contributed by atoms with Crippen LogP contribution in [0.3, 0.4) is 0 Å². The van der Waals surface area contributed by atoms with Gasteiger partial charge >= 0.3 is 11.9 Å². The zero-order valence-corrected chi connectivity index (χ0v) is 41.3. The van der Waals surface area contributed by atoms with Gasteiger partial charge in [0.05, 0.1) is 40.3 Å². The lowest BCUT2D eigenvalue weighted by Crippen LogP contribution is -2.55. The molecule has 0 bridgehead atoms. The summed E-state index contributed by atoms with van der Waals surface area (Å²) in [5, 5.41) is 11.7. The SMILES string of the molecule is CCCCCCC/C=C/C=C/C=C/CCCCCCCC(=O)OCC(COCCC(C(=O)[O-])[N+](C)(C)C)OC(=O)CCCCCCCCCCCCCCCCCCCCCC. The van der Waals surface area contributed by atoms with Crippen molar-refractivity contribution >= 4 is 17.9 Å². The van der Waals surface area contributed by atoms with E-state index in [-0.39, 0.29) is 42.7 Å². The molecule has 0 aliphatic carbocycles. The van der Waals surface area contributed by atoms with Gasteiger partial charge in [-0.2, -0.15) is 0 Å². The maximum absolute atomic E-state index is 12.8. The van der Waals surface area contributed by atoms with Gasteiger partial charge < -0.3 is 28.6 Å². The molecular weight excluding hydrogens is 775 g/mol. The number of hydrogen-bond donors (Lipinski definition) is 0. The predicted molar refractivity (Wildman–Crippen MR) is 259 cm³/mol. The number of unbranched alkanes of at least 4 members (excludes halogenated alkanes) is 29. The molecule has 0 saturated heterocycles. The average Bonchev–Trinajstić information content (AvgIpc) is 3.23. The Balaban J connectivity index is 4.26. The highest BCUT2D eigenvalue weighted by molar-refractivity contribution is 5.70. The quantitative estimate of drug-likeness (QED) is 0.0260. The summed E-state index contributed by atoms with van der Waals surface area (Å²) in [5.74, 6) is -1.75. The molecule has 0 heterocycles. The number of likely N-dealkylation sites (N-methyl/N-ethyl adjacent to an activating group) is 1. The number of rotatable bonds is 47. The normalized spacial score (nSPS) is 13.1. The zero-order chi connectivity index (χ0) is 45.6. The van der Waals surface area contributed by atoms with Crippen molar-refractivity contribution in [3.05, 3.63) is 36.5 Å². The van der Waals surface area contributed by atoms with Gasteiger partial charge in [-0.3, -0.25) is 9.59 Å². The van der Waals surface area contributed by atoms with Gasteiger partial charge in [0.15, 0.2) is 6.10 Å². The van der Waals surface area contributed by atoms with Crippen molar-refractivity contribution in [2.75, 3.05) is 41.0 Å². The van der Waals surface area contributed by atoms with Gasteiger partial charge in [0.1, 0.15) is 12.6 Å². The number of ether oxygens (including phenoxy) is 3. The summed E-state index contributed by atoms with van der Waals surface area (Å²) < 4.78 is 17.2. The van der Waals surface area contributed by atoms with Crippen LogP contribution in [-0.4, -0.2) is 75.5 Å². The molecule has 0 N–H and O–H groups in total. The highest BCUT2D eigenvalue weighted by Crippen LogP contribution is 2.16. The highest BCUT2D eigenvalue weighted by atomic mass is 16.6. The summed E-state index contributed by atoms with van der Waals surface area (Å²) in [6.45, 7) is 4.66. The van der Waals surface area contributed by atoms with E-state index in [4.69, 9.17) is 14.2 Å². The number of aliphatic carboxylic acids is 1. The van der Waals surface area contributed by atoms with Crippen LogP contribution >= 0.6 is 0 Å². The fourth-order valence-corrected chi connectivity index (χ4v) is 7.78. The van der Waals surface area contributed by atoms with Gasteiger partial charge in [0.25, 0.3) is 0 Å². The first-order valence-electron chi connectivity index (χ1n) is 26.0. The fourth-order valence-electron chi connectivity index (χ4n) is 7.78. The van der Waals surface area contributed by atoms with Gasteiger partial charge in [-0.15, -0.1) is 0 Å². The standard InChI is InChI=1S/C54H99NO7/c1-6-8-10-12-14-16-18-20-22-24-26-27-29-31-33-35-37-39-41-43-45-53(57)62-50(48-60-47-46-51(54(58)59)55(3,4)5)49-61-52(56)44-42-40-38-36-34-32-30-28-25-23-21-19-17-15-13-11-9-7-2/h19,21,23,25,28,30,50-51H,6-18,20,22,24,26-27,29,31-49H2,1-5H3/b21-19+,25-23+,30-28+. The molecule has 8 nitrogen and oxygen atoms in total. The van der Waals surface area contributed by atoms with Crippen molar-refractivity contribution in [2.24, 2.45) is 0 Å². The third kappa shape index (κ3) is 42.8. The molecule has 0 aromatic carbocycles. The van der Waals surface area contributed by atoms with Crippen molar-refractivity contribution in [3.63, 3.8) is 0 Å². The largest absolute Gasteiger partial charge is 0.544 e. The third-order valence-electron chi connectivity index (χ3n) is 11.8. The molecule has 0 radical (unpaired) electrons. The first-order valence-corrected chi connectivity index (χ1v) is 26.0. The van der Waals surface area contributed by atoms with Crippen molar-refractivity contribution in [2.45, 2.75) is 251 Å². The number of quaternary nitrogens is 1. The van der Waals surface area contributed by atoms with Crippen LogP contribution in [0, 0.1) is 0 Å². The molecule has 0 fully saturated rings. The zero-order valence-electron chi connectivity index (χ0n) is 41.3. The van der Waals surface area contributed by atoms with Crippen molar-refractivity contribution in [1.29, 1.82) is 0 Å². The number of carbonyl (C=O) groups excluding carboxylic acids is 3. The Labute approximate surface area is 383 Å². The second kappa shape index (κ2) is 45.1. The predicted octanol–water partition coefficient (Wildman–Crippen LogP) is 13.6. The van der Waals surface area contributed by atoms with E-state index in [1.165, 1.54) is 141 Å². The van der Waals surface area contributed by atoms with Crippen LogP contribution in [0.15, 0.2) is 36.5 Å². The number of carbonyl (C=O) groups is 3. The van der Waals surface area contributed by atoms with E-state index in [1.54, 1.807) is 21.1 Å². The summed E-state index contributed by atoms with van der Waals surface area (Å²) >= 11 is 0. The highest BCUT2D eigenvalue weighted by Gasteiger charge is 2.25. The molecule has 0 amide bonds. The molecule has 8 heteroatoms. The monoisotopic (exact) mass is 874 g/mol. The lowest BCUT2D eigenvalue weighted by atomic mass is 10.0. The van der Waals surface area contributed by atoms with Gasteiger partial charge in [-0.1, -0.05) is 217 Å². The Morgan fingerprint density at radius 1 is 0.484 bits per heavy atom. The van der Waals surface area contributed by atoms with Crippen LogP contribution < -0.4 is 5.11 Å². The molecule has 2 unspecified atom stereocenters. The summed E-state index contributed by atoms with van der Waals surface area (Å²) in [4.78, 5) is 37.0. The van der Waals surface area contributed by atoms with Crippen molar-refractivity contribution in [1.82, 2.24) is 0 Å². The molecule has 0 aromatic heterocycles. The second-order valence-electron chi connectivity index (χ2n) is 18.8. The molecule has 0 spiro atoms. The van der Waals surface area contributed by atoms with Gasteiger partial charge in [0.2, 0.25) is 0 Å². The number of carboxylic acid groups (broad SMARTS) is 1. The van der Waals surface area contributed by atoms with Crippen molar-refractivity contribution in [3.8, 4) is 0 Å². The van der Waals surface area contributed by atoms with Crippen LogP contribution in [0.5, 0.6) is 0 Å². The minimum absolute atomic E-state index is 0.0370. The number of esters is 2. The smallest absolute Gasteiger partial charge is 0.306 e. The lowest BCUT2D eigenvalue weighted by molar-refractivity contribution is -0.889. The Bertz CT molecular complexity index is 1110.